The first-order valence-corrected chi connectivity index (χ1v) is 5.12. The minimum atomic E-state index is 0.559. The number of hydrogen-bond acceptors (Lipinski definition) is 4. The summed E-state index contributed by atoms with van der Waals surface area (Å²) in [5, 5.41) is 10.7. The van der Waals surface area contributed by atoms with Crippen LogP contribution >= 0.6 is 11.3 Å². The Balaban J connectivity index is 3.05. The highest BCUT2D eigenvalue weighted by Gasteiger charge is 2.06. The quantitative estimate of drug-likeness (QED) is 0.776. The molecule has 4 heteroatoms. The van der Waals surface area contributed by atoms with E-state index in [0.717, 1.165) is 10.6 Å². The van der Waals surface area contributed by atoms with Gasteiger partial charge in [-0.1, -0.05) is 6.92 Å². The number of nitrogens with two attached hydrogens (primary N) is 1. The summed E-state index contributed by atoms with van der Waals surface area (Å²) in [6.07, 6.45) is 0.655. The van der Waals surface area contributed by atoms with Gasteiger partial charge in [0.15, 0.2) is 0 Å². The van der Waals surface area contributed by atoms with Crippen LogP contribution in [0.4, 0.5) is 0 Å². The molecule has 0 radical (unpaired) electrons. The van der Waals surface area contributed by atoms with Crippen LogP contribution in [0.25, 0.3) is 5.70 Å². The lowest BCUT2D eigenvalue weighted by Gasteiger charge is -1.99. The van der Waals surface area contributed by atoms with Gasteiger partial charge in [-0.15, -0.1) is 11.3 Å². The summed E-state index contributed by atoms with van der Waals surface area (Å²) in [6.45, 7) is 1.91. The van der Waals surface area contributed by atoms with E-state index in [1.807, 2.05) is 18.4 Å². The molecule has 1 aromatic rings. The second-order valence-electron chi connectivity index (χ2n) is 2.71. The molecule has 0 amide bonds. The molecule has 0 aliphatic rings. The zero-order valence-electron chi connectivity index (χ0n) is 8.20. The maximum absolute atomic E-state index is 8.81. The predicted molar refractivity (Wildman–Crippen MR) is 57.9 cm³/mol. The molecular weight excluding hydrogens is 196 g/mol. The fourth-order valence-electron chi connectivity index (χ4n) is 1.05. The molecular formula is C10H12N2OS. The van der Waals surface area contributed by atoms with Crippen LogP contribution in [0.15, 0.2) is 17.0 Å². The molecule has 74 valence electrons. The second-order valence-corrected chi connectivity index (χ2v) is 3.62. The van der Waals surface area contributed by atoms with Gasteiger partial charge < -0.3 is 10.5 Å². The SMILES string of the molecule is CCC(C#N)=C(N)c1cc(OC)cs1. The van der Waals surface area contributed by atoms with E-state index in [2.05, 4.69) is 6.07 Å². The Morgan fingerprint density at radius 3 is 2.86 bits per heavy atom. The summed E-state index contributed by atoms with van der Waals surface area (Å²) in [5.74, 6) is 0.779. The Morgan fingerprint density at radius 1 is 1.71 bits per heavy atom. The van der Waals surface area contributed by atoms with Gasteiger partial charge in [0.2, 0.25) is 0 Å². The van der Waals surface area contributed by atoms with Gasteiger partial charge in [0.1, 0.15) is 5.75 Å². The molecule has 0 saturated heterocycles. The first-order valence-electron chi connectivity index (χ1n) is 4.24. The molecule has 2 N–H and O–H groups in total. The number of methoxy groups -OCH3 is 1. The van der Waals surface area contributed by atoms with Gasteiger partial charge in [-0.3, -0.25) is 0 Å². The molecule has 0 aliphatic carbocycles. The minimum Gasteiger partial charge on any atom is -0.496 e. The van der Waals surface area contributed by atoms with Crippen molar-refractivity contribution in [1.82, 2.24) is 0 Å². The van der Waals surface area contributed by atoms with Gasteiger partial charge in [0, 0.05) is 11.4 Å². The molecule has 0 spiro atoms. The van der Waals surface area contributed by atoms with Crippen LogP contribution in [0, 0.1) is 11.3 Å². The van der Waals surface area contributed by atoms with Gasteiger partial charge in [-0.2, -0.15) is 5.26 Å². The molecule has 0 saturated carbocycles. The van der Waals surface area contributed by atoms with E-state index >= 15 is 0 Å². The van der Waals surface area contributed by atoms with E-state index in [-0.39, 0.29) is 0 Å². The number of ether oxygens (including phenoxy) is 1. The normalized spacial score (nSPS) is 11.8. The number of thiophene rings is 1. The van der Waals surface area contributed by atoms with Crippen molar-refractivity contribution < 1.29 is 4.74 Å². The molecule has 1 heterocycles. The van der Waals surface area contributed by atoms with E-state index in [4.69, 9.17) is 15.7 Å². The highest BCUT2D eigenvalue weighted by molar-refractivity contribution is 7.11. The molecule has 1 rings (SSSR count). The third-order valence-corrected chi connectivity index (χ3v) is 2.83. The summed E-state index contributed by atoms with van der Waals surface area (Å²) in [5.41, 5.74) is 7.02. The van der Waals surface area contributed by atoms with Gasteiger partial charge in [-0.05, 0) is 6.42 Å². The highest BCUT2D eigenvalue weighted by atomic mass is 32.1. The molecule has 0 fully saturated rings. The lowest BCUT2D eigenvalue weighted by Crippen LogP contribution is -1.98. The number of hydrogen-bond donors (Lipinski definition) is 1. The lowest BCUT2D eigenvalue weighted by atomic mass is 10.1. The monoisotopic (exact) mass is 208 g/mol. The number of allylic oxidation sites excluding steroid dienone is 1. The topological polar surface area (TPSA) is 59.0 Å². The van der Waals surface area contributed by atoms with Crippen LogP contribution in [-0.2, 0) is 0 Å². The maximum atomic E-state index is 8.81. The van der Waals surface area contributed by atoms with Crippen LogP contribution in [0.3, 0.4) is 0 Å². The standard InChI is InChI=1S/C10H12N2OS/c1-3-7(5-11)10(12)9-4-8(13-2)6-14-9/h4,6H,3,12H2,1-2H3. The van der Waals surface area contributed by atoms with Crippen LogP contribution in [-0.4, -0.2) is 7.11 Å². The molecule has 3 nitrogen and oxygen atoms in total. The Kier molecular flexibility index (Phi) is 3.55. The van der Waals surface area contributed by atoms with Crippen molar-refractivity contribution >= 4 is 17.0 Å². The molecule has 1 aromatic heterocycles. The van der Waals surface area contributed by atoms with Gasteiger partial charge >= 0.3 is 0 Å². The van der Waals surface area contributed by atoms with Crippen molar-refractivity contribution in [2.24, 2.45) is 5.73 Å². The lowest BCUT2D eigenvalue weighted by molar-refractivity contribution is 0.416. The second kappa shape index (κ2) is 4.68. The van der Waals surface area contributed by atoms with Crippen LogP contribution in [0.2, 0.25) is 0 Å². The van der Waals surface area contributed by atoms with E-state index in [1.165, 1.54) is 11.3 Å². The molecule has 0 unspecified atom stereocenters. The maximum Gasteiger partial charge on any atom is 0.130 e. The van der Waals surface area contributed by atoms with Crippen molar-refractivity contribution in [3.63, 3.8) is 0 Å². The number of nitrogens with zero attached hydrogens (tertiary/aromatic N) is 1. The van der Waals surface area contributed by atoms with Crippen molar-refractivity contribution in [1.29, 1.82) is 5.26 Å². The molecule has 0 bridgehead atoms. The zero-order chi connectivity index (χ0) is 10.6. The van der Waals surface area contributed by atoms with E-state index in [0.29, 0.717) is 17.7 Å². The Labute approximate surface area is 87.4 Å². The smallest absolute Gasteiger partial charge is 0.130 e. The average molecular weight is 208 g/mol. The van der Waals surface area contributed by atoms with E-state index < -0.39 is 0 Å². The average Bonchev–Trinajstić information content (AvgIpc) is 2.67. The van der Waals surface area contributed by atoms with Crippen molar-refractivity contribution in [2.75, 3.05) is 7.11 Å². The fourth-order valence-corrected chi connectivity index (χ4v) is 1.89. The van der Waals surface area contributed by atoms with Crippen LogP contribution < -0.4 is 10.5 Å². The minimum absolute atomic E-state index is 0.559. The van der Waals surface area contributed by atoms with E-state index in [1.54, 1.807) is 7.11 Å². The zero-order valence-corrected chi connectivity index (χ0v) is 9.02. The van der Waals surface area contributed by atoms with Gasteiger partial charge in [0.05, 0.1) is 29.3 Å². The van der Waals surface area contributed by atoms with Crippen LogP contribution in [0.1, 0.15) is 18.2 Å². The first-order chi connectivity index (χ1) is 6.72. The van der Waals surface area contributed by atoms with Crippen molar-refractivity contribution in [3.05, 3.63) is 21.9 Å². The first kappa shape index (κ1) is 10.6. The Hall–Kier alpha value is -1.47. The molecule has 0 aromatic carbocycles. The number of nitriles is 1. The summed E-state index contributed by atoms with van der Waals surface area (Å²) in [7, 11) is 1.61. The largest absolute Gasteiger partial charge is 0.496 e. The van der Waals surface area contributed by atoms with E-state index in [9.17, 15) is 0 Å². The third kappa shape index (κ3) is 2.06. The Bertz CT molecular complexity index is 387. The predicted octanol–water partition coefficient (Wildman–Crippen LogP) is 2.36. The summed E-state index contributed by atoms with van der Waals surface area (Å²) >= 11 is 1.48. The molecule has 0 atom stereocenters. The van der Waals surface area contributed by atoms with Crippen molar-refractivity contribution in [2.45, 2.75) is 13.3 Å². The van der Waals surface area contributed by atoms with Crippen molar-refractivity contribution in [3.8, 4) is 11.8 Å². The Morgan fingerprint density at radius 2 is 2.43 bits per heavy atom. The highest BCUT2D eigenvalue weighted by Crippen LogP contribution is 2.27. The third-order valence-electron chi connectivity index (χ3n) is 1.89. The summed E-state index contributed by atoms with van der Waals surface area (Å²) < 4.78 is 5.04. The summed E-state index contributed by atoms with van der Waals surface area (Å²) in [4.78, 5) is 0.889. The molecule has 14 heavy (non-hydrogen) atoms. The molecule has 0 aliphatic heterocycles. The number of rotatable bonds is 3. The van der Waals surface area contributed by atoms with Gasteiger partial charge in [0.25, 0.3) is 0 Å². The summed E-state index contributed by atoms with van der Waals surface area (Å²) in [6, 6.07) is 3.94. The van der Waals surface area contributed by atoms with Crippen LogP contribution in [0.5, 0.6) is 5.75 Å². The fraction of sp³-hybridized carbons (Fsp3) is 0.300. The van der Waals surface area contributed by atoms with Gasteiger partial charge in [-0.25, -0.2) is 0 Å².